The predicted octanol–water partition coefficient (Wildman–Crippen LogP) is 1.67. The molecule has 1 atom stereocenters. The zero-order valence-electron chi connectivity index (χ0n) is 9.29. The van der Waals surface area contributed by atoms with Gasteiger partial charge >= 0.3 is 0 Å². The molecule has 1 saturated heterocycles. The number of hydrogen-bond donors (Lipinski definition) is 0. The number of likely N-dealkylation sites (tertiary alicyclic amines) is 1. The van der Waals surface area contributed by atoms with Gasteiger partial charge in [-0.05, 0) is 25.2 Å². The summed E-state index contributed by atoms with van der Waals surface area (Å²) in [6.07, 6.45) is 4.25. The van der Waals surface area contributed by atoms with Crippen molar-refractivity contribution in [2.75, 3.05) is 26.8 Å². The van der Waals surface area contributed by atoms with Crippen molar-refractivity contribution in [2.24, 2.45) is 5.92 Å². The van der Waals surface area contributed by atoms with Crippen molar-refractivity contribution in [3.8, 4) is 0 Å². The van der Waals surface area contributed by atoms with Gasteiger partial charge in [0.05, 0.1) is 0 Å². The Labute approximate surface area is 86.4 Å². The SMILES string of the molecule is COCC(C)CC(=O)N1CCCCC1. The Balaban J connectivity index is 2.25. The lowest BCUT2D eigenvalue weighted by Crippen LogP contribution is -2.36. The molecule has 0 aromatic heterocycles. The quantitative estimate of drug-likeness (QED) is 0.689. The largest absolute Gasteiger partial charge is 0.384 e. The molecular weight excluding hydrogens is 178 g/mol. The van der Waals surface area contributed by atoms with E-state index in [0.29, 0.717) is 24.9 Å². The highest BCUT2D eigenvalue weighted by atomic mass is 16.5. The van der Waals surface area contributed by atoms with E-state index in [1.54, 1.807) is 7.11 Å². The lowest BCUT2D eigenvalue weighted by Gasteiger charge is -2.27. The maximum absolute atomic E-state index is 11.8. The van der Waals surface area contributed by atoms with E-state index in [2.05, 4.69) is 6.92 Å². The number of hydrogen-bond acceptors (Lipinski definition) is 2. The van der Waals surface area contributed by atoms with Crippen LogP contribution in [0.25, 0.3) is 0 Å². The summed E-state index contributed by atoms with van der Waals surface area (Å²) in [7, 11) is 1.68. The van der Waals surface area contributed by atoms with Gasteiger partial charge in [0, 0.05) is 33.2 Å². The van der Waals surface area contributed by atoms with Crippen molar-refractivity contribution in [3.63, 3.8) is 0 Å². The molecule has 1 aliphatic rings. The van der Waals surface area contributed by atoms with Crippen LogP contribution >= 0.6 is 0 Å². The van der Waals surface area contributed by atoms with Crippen LogP contribution in [0.2, 0.25) is 0 Å². The average Bonchev–Trinajstić information content (AvgIpc) is 2.19. The molecule has 82 valence electrons. The van der Waals surface area contributed by atoms with E-state index in [1.807, 2.05) is 4.90 Å². The van der Waals surface area contributed by atoms with Crippen LogP contribution in [0, 0.1) is 5.92 Å². The fraction of sp³-hybridized carbons (Fsp3) is 0.909. The maximum atomic E-state index is 11.8. The van der Waals surface area contributed by atoms with Crippen LogP contribution in [0.5, 0.6) is 0 Å². The predicted molar refractivity (Wildman–Crippen MR) is 56.1 cm³/mol. The molecule has 1 heterocycles. The monoisotopic (exact) mass is 199 g/mol. The number of carbonyl (C=O) groups is 1. The Bertz CT molecular complexity index is 176. The third kappa shape index (κ3) is 3.66. The third-order valence-electron chi connectivity index (χ3n) is 2.68. The summed E-state index contributed by atoms with van der Waals surface area (Å²) < 4.78 is 5.02. The molecule has 1 fully saturated rings. The summed E-state index contributed by atoms with van der Waals surface area (Å²) in [5.41, 5.74) is 0. The van der Waals surface area contributed by atoms with Crippen molar-refractivity contribution in [1.29, 1.82) is 0 Å². The van der Waals surface area contributed by atoms with Gasteiger partial charge in [-0.25, -0.2) is 0 Å². The van der Waals surface area contributed by atoms with E-state index in [9.17, 15) is 4.79 Å². The second-order valence-corrected chi connectivity index (χ2v) is 4.21. The van der Waals surface area contributed by atoms with E-state index in [1.165, 1.54) is 19.3 Å². The first-order valence-electron chi connectivity index (χ1n) is 5.50. The Hall–Kier alpha value is -0.570. The highest BCUT2D eigenvalue weighted by Crippen LogP contribution is 2.12. The zero-order valence-corrected chi connectivity index (χ0v) is 9.29. The molecule has 1 unspecified atom stereocenters. The third-order valence-corrected chi connectivity index (χ3v) is 2.68. The van der Waals surface area contributed by atoms with Crippen molar-refractivity contribution < 1.29 is 9.53 Å². The molecule has 0 radical (unpaired) electrons. The molecule has 3 nitrogen and oxygen atoms in total. The smallest absolute Gasteiger partial charge is 0.222 e. The summed E-state index contributed by atoms with van der Waals surface area (Å²) >= 11 is 0. The normalized spacial score (nSPS) is 19.4. The summed E-state index contributed by atoms with van der Waals surface area (Å²) in [4.78, 5) is 13.7. The minimum Gasteiger partial charge on any atom is -0.384 e. The molecule has 0 aromatic carbocycles. The first-order chi connectivity index (χ1) is 6.74. The maximum Gasteiger partial charge on any atom is 0.222 e. The van der Waals surface area contributed by atoms with Gasteiger partial charge in [-0.3, -0.25) is 4.79 Å². The second kappa shape index (κ2) is 6.02. The first kappa shape index (κ1) is 11.5. The number of piperidine rings is 1. The Morgan fingerprint density at radius 2 is 2.00 bits per heavy atom. The van der Waals surface area contributed by atoms with Crippen LogP contribution in [0.15, 0.2) is 0 Å². The molecular formula is C11H21NO2. The van der Waals surface area contributed by atoms with Gasteiger partial charge in [0.25, 0.3) is 0 Å². The summed E-state index contributed by atoms with van der Waals surface area (Å²) in [5.74, 6) is 0.642. The van der Waals surface area contributed by atoms with E-state index in [-0.39, 0.29) is 0 Å². The van der Waals surface area contributed by atoms with Gasteiger partial charge < -0.3 is 9.64 Å². The second-order valence-electron chi connectivity index (χ2n) is 4.21. The number of ether oxygens (including phenoxy) is 1. The van der Waals surface area contributed by atoms with Crippen molar-refractivity contribution >= 4 is 5.91 Å². The van der Waals surface area contributed by atoms with Crippen LogP contribution in [0.1, 0.15) is 32.6 Å². The molecule has 1 rings (SSSR count). The standard InChI is InChI=1S/C11H21NO2/c1-10(9-14-2)8-11(13)12-6-4-3-5-7-12/h10H,3-9H2,1-2H3. The fourth-order valence-electron chi connectivity index (χ4n) is 1.91. The zero-order chi connectivity index (χ0) is 10.4. The van der Waals surface area contributed by atoms with E-state index in [4.69, 9.17) is 4.74 Å². The van der Waals surface area contributed by atoms with Gasteiger partial charge in [0.1, 0.15) is 0 Å². The summed E-state index contributed by atoms with van der Waals surface area (Å²) in [6, 6.07) is 0. The topological polar surface area (TPSA) is 29.5 Å². The van der Waals surface area contributed by atoms with Gasteiger partial charge in [-0.2, -0.15) is 0 Å². The minimum atomic E-state index is 0.300. The van der Waals surface area contributed by atoms with E-state index < -0.39 is 0 Å². The minimum absolute atomic E-state index is 0.300. The van der Waals surface area contributed by atoms with Gasteiger partial charge in [-0.1, -0.05) is 6.92 Å². The lowest BCUT2D eigenvalue weighted by atomic mass is 10.1. The molecule has 1 amide bonds. The van der Waals surface area contributed by atoms with E-state index in [0.717, 1.165) is 13.1 Å². The summed E-state index contributed by atoms with van der Waals surface area (Å²) in [5, 5.41) is 0. The number of amides is 1. The van der Waals surface area contributed by atoms with Gasteiger partial charge in [0.15, 0.2) is 0 Å². The molecule has 0 spiro atoms. The molecule has 0 saturated carbocycles. The van der Waals surface area contributed by atoms with Crippen LogP contribution < -0.4 is 0 Å². The number of carbonyl (C=O) groups excluding carboxylic acids is 1. The lowest BCUT2D eigenvalue weighted by molar-refractivity contribution is -0.133. The van der Waals surface area contributed by atoms with E-state index >= 15 is 0 Å². The first-order valence-corrected chi connectivity index (χ1v) is 5.50. The van der Waals surface area contributed by atoms with Crippen molar-refractivity contribution in [1.82, 2.24) is 4.90 Å². The van der Waals surface area contributed by atoms with Crippen molar-refractivity contribution in [3.05, 3.63) is 0 Å². The van der Waals surface area contributed by atoms with Crippen LogP contribution in [0.4, 0.5) is 0 Å². The van der Waals surface area contributed by atoms with Gasteiger partial charge in [0.2, 0.25) is 5.91 Å². The van der Waals surface area contributed by atoms with Gasteiger partial charge in [-0.15, -0.1) is 0 Å². The number of rotatable bonds is 4. The highest BCUT2D eigenvalue weighted by Gasteiger charge is 2.18. The molecule has 0 aromatic rings. The van der Waals surface area contributed by atoms with Crippen LogP contribution in [-0.2, 0) is 9.53 Å². The van der Waals surface area contributed by atoms with Crippen LogP contribution in [-0.4, -0.2) is 37.6 Å². The Kier molecular flexibility index (Phi) is 4.94. The average molecular weight is 199 g/mol. The molecule has 14 heavy (non-hydrogen) atoms. The van der Waals surface area contributed by atoms with Crippen LogP contribution in [0.3, 0.4) is 0 Å². The molecule has 0 N–H and O–H groups in total. The van der Waals surface area contributed by atoms with Crippen molar-refractivity contribution in [2.45, 2.75) is 32.6 Å². The molecule has 0 aliphatic carbocycles. The molecule has 3 heteroatoms. The number of methoxy groups -OCH3 is 1. The fourth-order valence-corrected chi connectivity index (χ4v) is 1.91. The molecule has 0 bridgehead atoms. The number of nitrogens with zero attached hydrogens (tertiary/aromatic N) is 1. The summed E-state index contributed by atoms with van der Waals surface area (Å²) in [6.45, 7) is 4.65. The Morgan fingerprint density at radius 3 is 2.57 bits per heavy atom. The highest BCUT2D eigenvalue weighted by molar-refractivity contribution is 5.76. The molecule has 1 aliphatic heterocycles. The Morgan fingerprint density at radius 1 is 1.36 bits per heavy atom.